The first-order valence-electron chi connectivity index (χ1n) is 9.63. The van der Waals surface area contributed by atoms with Gasteiger partial charge in [0.2, 0.25) is 5.91 Å². The van der Waals surface area contributed by atoms with Crippen molar-refractivity contribution in [3.8, 4) is 16.3 Å². The van der Waals surface area contributed by atoms with Gasteiger partial charge in [-0.1, -0.05) is 37.8 Å². The van der Waals surface area contributed by atoms with Gasteiger partial charge < -0.3 is 9.64 Å². The number of fused-ring (bicyclic) bond motifs is 1. The molecule has 4 rings (SSSR count). The quantitative estimate of drug-likeness (QED) is 0.768. The highest BCUT2D eigenvalue weighted by molar-refractivity contribution is 7.15. The number of methoxy groups -OCH3 is 1. The second-order valence-electron chi connectivity index (χ2n) is 7.38. The first-order chi connectivity index (χ1) is 12.7. The van der Waals surface area contributed by atoms with Gasteiger partial charge in [-0.25, -0.2) is 4.98 Å². The molecule has 0 radical (unpaired) electrons. The van der Waals surface area contributed by atoms with Crippen LogP contribution in [0.3, 0.4) is 0 Å². The SMILES string of the molecule is COc1cccc(-c2nc3c(s2)CN(C(=O)CCC2CCCC2)CC3)c1. The van der Waals surface area contributed by atoms with E-state index < -0.39 is 0 Å². The number of amides is 1. The lowest BCUT2D eigenvalue weighted by Gasteiger charge is -2.26. The third-order valence-electron chi connectivity index (χ3n) is 5.64. The number of aromatic nitrogens is 1. The molecule has 1 aromatic carbocycles. The van der Waals surface area contributed by atoms with Gasteiger partial charge in [0.05, 0.1) is 19.3 Å². The molecule has 0 saturated heterocycles. The second-order valence-corrected chi connectivity index (χ2v) is 8.46. The fourth-order valence-corrected chi connectivity index (χ4v) is 5.19. The lowest BCUT2D eigenvalue weighted by atomic mass is 10.0. The maximum atomic E-state index is 12.6. The van der Waals surface area contributed by atoms with E-state index in [2.05, 4.69) is 6.07 Å². The molecular formula is C21H26N2O2S. The molecule has 0 unspecified atom stereocenters. The van der Waals surface area contributed by atoms with Crippen LogP contribution in [0, 0.1) is 5.92 Å². The number of hydrogen-bond acceptors (Lipinski definition) is 4. The molecule has 2 aromatic rings. The molecule has 1 aromatic heterocycles. The number of hydrogen-bond donors (Lipinski definition) is 0. The molecule has 1 aliphatic heterocycles. The Hall–Kier alpha value is -1.88. The van der Waals surface area contributed by atoms with Crippen molar-refractivity contribution in [2.24, 2.45) is 5.92 Å². The van der Waals surface area contributed by atoms with Crippen LogP contribution in [-0.2, 0) is 17.8 Å². The van der Waals surface area contributed by atoms with Crippen molar-refractivity contribution in [1.82, 2.24) is 9.88 Å². The van der Waals surface area contributed by atoms with Gasteiger partial charge in [-0.2, -0.15) is 0 Å². The van der Waals surface area contributed by atoms with E-state index in [1.165, 1.54) is 30.6 Å². The minimum absolute atomic E-state index is 0.318. The Labute approximate surface area is 159 Å². The summed E-state index contributed by atoms with van der Waals surface area (Å²) >= 11 is 1.71. The molecule has 1 saturated carbocycles. The number of carbonyl (C=O) groups is 1. The van der Waals surface area contributed by atoms with Crippen molar-refractivity contribution in [3.63, 3.8) is 0 Å². The molecular weight excluding hydrogens is 344 g/mol. The predicted molar refractivity (Wildman–Crippen MR) is 104 cm³/mol. The molecule has 0 atom stereocenters. The highest BCUT2D eigenvalue weighted by Gasteiger charge is 2.25. The van der Waals surface area contributed by atoms with Crippen LogP contribution in [-0.4, -0.2) is 29.4 Å². The molecule has 5 heteroatoms. The topological polar surface area (TPSA) is 42.4 Å². The normalized spacial score (nSPS) is 17.3. The average molecular weight is 371 g/mol. The summed E-state index contributed by atoms with van der Waals surface area (Å²) < 4.78 is 5.32. The fraction of sp³-hybridized carbons (Fsp3) is 0.524. The Morgan fingerprint density at radius 2 is 2.19 bits per heavy atom. The van der Waals surface area contributed by atoms with Gasteiger partial charge in [-0.15, -0.1) is 11.3 Å². The Bertz CT molecular complexity index is 780. The summed E-state index contributed by atoms with van der Waals surface area (Å²) in [4.78, 5) is 20.7. The van der Waals surface area contributed by atoms with Gasteiger partial charge in [-0.05, 0) is 24.5 Å². The van der Waals surface area contributed by atoms with Gasteiger partial charge in [0.1, 0.15) is 10.8 Å². The zero-order valence-electron chi connectivity index (χ0n) is 15.4. The first kappa shape index (κ1) is 17.5. The van der Waals surface area contributed by atoms with Crippen LogP contribution < -0.4 is 4.74 Å². The van der Waals surface area contributed by atoms with Crippen LogP contribution in [0.1, 0.15) is 49.1 Å². The zero-order valence-corrected chi connectivity index (χ0v) is 16.2. The fourth-order valence-electron chi connectivity index (χ4n) is 4.07. The molecule has 1 amide bonds. The smallest absolute Gasteiger partial charge is 0.222 e. The lowest BCUT2D eigenvalue weighted by Crippen LogP contribution is -2.35. The van der Waals surface area contributed by atoms with Crippen molar-refractivity contribution >= 4 is 17.2 Å². The number of ether oxygens (including phenoxy) is 1. The molecule has 0 bridgehead atoms. The van der Waals surface area contributed by atoms with Gasteiger partial charge in [0.25, 0.3) is 0 Å². The van der Waals surface area contributed by atoms with Crippen LogP contribution in [0.4, 0.5) is 0 Å². The molecule has 4 nitrogen and oxygen atoms in total. The monoisotopic (exact) mass is 370 g/mol. The first-order valence-corrected chi connectivity index (χ1v) is 10.5. The highest BCUT2D eigenvalue weighted by atomic mass is 32.1. The Balaban J connectivity index is 1.42. The summed E-state index contributed by atoms with van der Waals surface area (Å²) in [6.45, 7) is 1.53. The van der Waals surface area contributed by atoms with Crippen LogP contribution in [0.25, 0.3) is 10.6 Å². The summed E-state index contributed by atoms with van der Waals surface area (Å²) in [6.07, 6.45) is 7.97. The van der Waals surface area contributed by atoms with Gasteiger partial charge >= 0.3 is 0 Å². The molecule has 1 aliphatic carbocycles. The maximum Gasteiger partial charge on any atom is 0.222 e. The van der Waals surface area contributed by atoms with Gasteiger partial charge in [0.15, 0.2) is 0 Å². The van der Waals surface area contributed by atoms with E-state index in [9.17, 15) is 4.79 Å². The molecule has 2 aliphatic rings. The maximum absolute atomic E-state index is 12.6. The Kier molecular flexibility index (Phi) is 5.25. The van der Waals surface area contributed by atoms with E-state index in [0.717, 1.165) is 53.9 Å². The molecule has 2 heterocycles. The van der Waals surface area contributed by atoms with Crippen LogP contribution in [0.15, 0.2) is 24.3 Å². The van der Waals surface area contributed by atoms with Gasteiger partial charge in [0, 0.05) is 29.8 Å². The van der Waals surface area contributed by atoms with E-state index in [4.69, 9.17) is 9.72 Å². The standard InChI is InChI=1S/C21H26N2O2S/c1-25-17-8-4-7-16(13-17)21-22-18-11-12-23(14-19(18)26-21)20(24)10-9-15-5-2-3-6-15/h4,7-8,13,15H,2-3,5-6,9-12,14H2,1H3. The predicted octanol–water partition coefficient (Wildman–Crippen LogP) is 4.67. The highest BCUT2D eigenvalue weighted by Crippen LogP contribution is 2.34. The van der Waals surface area contributed by atoms with Crippen molar-refractivity contribution in [3.05, 3.63) is 34.8 Å². The van der Waals surface area contributed by atoms with Crippen molar-refractivity contribution in [2.75, 3.05) is 13.7 Å². The summed E-state index contributed by atoms with van der Waals surface area (Å²) in [5, 5.41) is 1.02. The summed E-state index contributed by atoms with van der Waals surface area (Å²) in [5.41, 5.74) is 2.25. The minimum Gasteiger partial charge on any atom is -0.497 e. The number of carbonyl (C=O) groups excluding carboxylic acids is 1. The van der Waals surface area contributed by atoms with Crippen molar-refractivity contribution in [2.45, 2.75) is 51.5 Å². The average Bonchev–Trinajstić information content (AvgIpc) is 3.35. The van der Waals surface area contributed by atoms with Gasteiger partial charge in [-0.3, -0.25) is 4.79 Å². The molecule has 138 valence electrons. The largest absolute Gasteiger partial charge is 0.497 e. The van der Waals surface area contributed by atoms with Crippen LogP contribution >= 0.6 is 11.3 Å². The van der Waals surface area contributed by atoms with Crippen molar-refractivity contribution < 1.29 is 9.53 Å². The number of nitrogens with zero attached hydrogens (tertiary/aromatic N) is 2. The molecule has 0 spiro atoms. The van der Waals surface area contributed by atoms with E-state index in [0.29, 0.717) is 12.3 Å². The molecule has 0 N–H and O–H groups in total. The number of thiazole rings is 1. The summed E-state index contributed by atoms with van der Waals surface area (Å²) in [5.74, 6) is 1.95. The Morgan fingerprint density at radius 1 is 1.35 bits per heavy atom. The third kappa shape index (κ3) is 3.78. The molecule has 1 fully saturated rings. The number of rotatable bonds is 5. The Morgan fingerprint density at radius 3 is 3.00 bits per heavy atom. The van der Waals surface area contributed by atoms with E-state index in [-0.39, 0.29) is 0 Å². The minimum atomic E-state index is 0.318. The molecule has 26 heavy (non-hydrogen) atoms. The zero-order chi connectivity index (χ0) is 17.9. The second kappa shape index (κ2) is 7.78. The van der Waals surface area contributed by atoms with Crippen LogP contribution in [0.2, 0.25) is 0 Å². The summed E-state index contributed by atoms with van der Waals surface area (Å²) in [6, 6.07) is 8.03. The summed E-state index contributed by atoms with van der Waals surface area (Å²) in [7, 11) is 1.68. The van der Waals surface area contributed by atoms with E-state index in [1.807, 2.05) is 23.1 Å². The van der Waals surface area contributed by atoms with E-state index in [1.54, 1.807) is 18.4 Å². The number of benzene rings is 1. The third-order valence-corrected chi connectivity index (χ3v) is 6.77. The lowest BCUT2D eigenvalue weighted by molar-refractivity contribution is -0.132. The van der Waals surface area contributed by atoms with Crippen LogP contribution in [0.5, 0.6) is 5.75 Å². The van der Waals surface area contributed by atoms with Crippen molar-refractivity contribution in [1.29, 1.82) is 0 Å². The van der Waals surface area contributed by atoms with E-state index >= 15 is 0 Å².